The SMILES string of the molecule is Cn1cncc1-c1ccc(C(=O)N2CCC([C@@H](O)c3nccn3C)CC2)cc1. The van der Waals surface area contributed by atoms with Crippen molar-refractivity contribution in [3.05, 3.63) is 60.6 Å². The van der Waals surface area contributed by atoms with E-state index < -0.39 is 6.10 Å². The molecule has 3 heterocycles. The number of hydrogen-bond acceptors (Lipinski definition) is 4. The van der Waals surface area contributed by atoms with E-state index in [2.05, 4.69) is 9.97 Å². The number of likely N-dealkylation sites (tertiary alicyclic amines) is 1. The van der Waals surface area contributed by atoms with Crippen molar-refractivity contribution >= 4 is 5.91 Å². The molecule has 1 aromatic carbocycles. The number of aromatic nitrogens is 4. The molecule has 1 amide bonds. The number of rotatable bonds is 4. The number of piperidine rings is 1. The Kier molecular flexibility index (Phi) is 5.00. The van der Waals surface area contributed by atoms with Crippen molar-refractivity contribution in [2.45, 2.75) is 18.9 Å². The fraction of sp³-hybridized carbons (Fsp3) is 0.381. The Hall–Kier alpha value is -2.93. The van der Waals surface area contributed by atoms with Crippen molar-refractivity contribution < 1.29 is 9.90 Å². The first kappa shape index (κ1) is 18.4. The van der Waals surface area contributed by atoms with E-state index in [4.69, 9.17) is 0 Å². The van der Waals surface area contributed by atoms with Crippen LogP contribution >= 0.6 is 0 Å². The van der Waals surface area contributed by atoms with Crippen LogP contribution in [0.2, 0.25) is 0 Å². The number of benzene rings is 1. The summed E-state index contributed by atoms with van der Waals surface area (Å²) in [6.45, 7) is 1.29. The summed E-state index contributed by atoms with van der Waals surface area (Å²) in [6, 6.07) is 7.67. The van der Waals surface area contributed by atoms with Gasteiger partial charge in [-0.25, -0.2) is 9.97 Å². The van der Waals surface area contributed by atoms with Crippen LogP contribution in [0, 0.1) is 5.92 Å². The third-order valence-corrected chi connectivity index (χ3v) is 5.64. The van der Waals surface area contributed by atoms with Crippen molar-refractivity contribution in [3.63, 3.8) is 0 Å². The first-order valence-corrected chi connectivity index (χ1v) is 9.56. The molecule has 0 unspecified atom stereocenters. The van der Waals surface area contributed by atoms with Gasteiger partial charge in [-0.2, -0.15) is 0 Å². The topological polar surface area (TPSA) is 76.2 Å². The Balaban J connectivity index is 1.39. The molecule has 1 aliphatic rings. The Morgan fingerprint density at radius 2 is 1.86 bits per heavy atom. The quantitative estimate of drug-likeness (QED) is 0.755. The third-order valence-electron chi connectivity index (χ3n) is 5.64. The van der Waals surface area contributed by atoms with E-state index in [1.807, 2.05) is 64.8 Å². The summed E-state index contributed by atoms with van der Waals surface area (Å²) in [5, 5.41) is 10.6. The van der Waals surface area contributed by atoms with Gasteiger partial charge in [0, 0.05) is 45.1 Å². The maximum atomic E-state index is 12.9. The second-order valence-corrected chi connectivity index (χ2v) is 7.44. The number of hydrogen-bond donors (Lipinski definition) is 1. The zero-order chi connectivity index (χ0) is 19.7. The zero-order valence-corrected chi connectivity index (χ0v) is 16.2. The highest BCUT2D eigenvalue weighted by Gasteiger charge is 2.30. The summed E-state index contributed by atoms with van der Waals surface area (Å²) in [6.07, 6.45) is 8.07. The van der Waals surface area contributed by atoms with Gasteiger partial charge in [0.15, 0.2) is 0 Å². The molecule has 0 aliphatic carbocycles. The number of imidazole rings is 2. The lowest BCUT2D eigenvalue weighted by Gasteiger charge is -2.34. The van der Waals surface area contributed by atoms with Crippen molar-refractivity contribution in [2.75, 3.05) is 13.1 Å². The third kappa shape index (κ3) is 3.45. The minimum atomic E-state index is -0.588. The predicted molar refractivity (Wildman–Crippen MR) is 105 cm³/mol. The lowest BCUT2D eigenvalue weighted by Crippen LogP contribution is -2.40. The molecule has 1 aliphatic heterocycles. The molecule has 3 aromatic rings. The average Bonchev–Trinajstić information content (AvgIpc) is 3.35. The first-order valence-electron chi connectivity index (χ1n) is 9.56. The number of nitrogens with zero attached hydrogens (tertiary/aromatic N) is 5. The predicted octanol–water partition coefficient (Wildman–Crippen LogP) is 2.41. The number of amides is 1. The monoisotopic (exact) mass is 379 g/mol. The maximum Gasteiger partial charge on any atom is 0.253 e. The summed E-state index contributed by atoms with van der Waals surface area (Å²) in [4.78, 5) is 23.1. The molecule has 28 heavy (non-hydrogen) atoms. The minimum Gasteiger partial charge on any atom is -0.385 e. The Morgan fingerprint density at radius 3 is 2.43 bits per heavy atom. The minimum absolute atomic E-state index is 0.0430. The lowest BCUT2D eigenvalue weighted by molar-refractivity contribution is 0.0420. The molecular formula is C21H25N5O2. The lowest BCUT2D eigenvalue weighted by atomic mass is 9.90. The van der Waals surface area contributed by atoms with Gasteiger partial charge in [-0.05, 0) is 36.5 Å². The van der Waals surface area contributed by atoms with Gasteiger partial charge in [-0.3, -0.25) is 4.79 Å². The largest absolute Gasteiger partial charge is 0.385 e. The van der Waals surface area contributed by atoms with Crippen LogP contribution in [0.5, 0.6) is 0 Å². The molecule has 0 bridgehead atoms. The van der Waals surface area contributed by atoms with E-state index in [9.17, 15) is 9.90 Å². The van der Waals surface area contributed by atoms with Gasteiger partial charge < -0.3 is 19.1 Å². The van der Waals surface area contributed by atoms with Gasteiger partial charge in [0.2, 0.25) is 0 Å². The Bertz CT molecular complexity index is 951. The van der Waals surface area contributed by atoms with Gasteiger partial charge >= 0.3 is 0 Å². The summed E-state index contributed by atoms with van der Waals surface area (Å²) in [5.41, 5.74) is 2.74. The van der Waals surface area contributed by atoms with E-state index in [-0.39, 0.29) is 11.8 Å². The summed E-state index contributed by atoms with van der Waals surface area (Å²) >= 11 is 0. The second kappa shape index (κ2) is 7.59. The van der Waals surface area contributed by atoms with E-state index in [1.54, 1.807) is 12.5 Å². The van der Waals surface area contributed by atoms with E-state index in [1.165, 1.54) is 0 Å². The van der Waals surface area contributed by atoms with Crippen LogP contribution < -0.4 is 0 Å². The van der Waals surface area contributed by atoms with Crippen molar-refractivity contribution in [3.8, 4) is 11.3 Å². The molecular weight excluding hydrogens is 354 g/mol. The molecule has 7 heteroatoms. The van der Waals surface area contributed by atoms with Crippen molar-refractivity contribution in [1.29, 1.82) is 0 Å². The number of aryl methyl sites for hydroxylation is 2. The van der Waals surface area contributed by atoms with Gasteiger partial charge in [0.1, 0.15) is 11.9 Å². The van der Waals surface area contributed by atoms with Crippen molar-refractivity contribution in [2.24, 2.45) is 20.0 Å². The van der Waals surface area contributed by atoms with Crippen LogP contribution in [0.15, 0.2) is 49.2 Å². The van der Waals surface area contributed by atoms with Crippen molar-refractivity contribution in [1.82, 2.24) is 24.0 Å². The Labute approximate surface area is 164 Å². The normalized spacial score (nSPS) is 16.3. The highest BCUT2D eigenvalue weighted by Crippen LogP contribution is 2.30. The number of carbonyl (C=O) groups excluding carboxylic acids is 1. The average molecular weight is 379 g/mol. The highest BCUT2D eigenvalue weighted by atomic mass is 16.3. The van der Waals surface area contributed by atoms with Crippen LogP contribution in [-0.4, -0.2) is 48.1 Å². The number of carbonyl (C=O) groups is 1. The molecule has 1 atom stereocenters. The maximum absolute atomic E-state index is 12.9. The summed E-state index contributed by atoms with van der Waals surface area (Å²) < 4.78 is 3.81. The van der Waals surface area contributed by atoms with Crippen LogP contribution in [-0.2, 0) is 14.1 Å². The van der Waals surface area contributed by atoms with Crippen LogP contribution in [0.1, 0.15) is 35.1 Å². The molecule has 4 rings (SSSR count). The van der Waals surface area contributed by atoms with Crippen LogP contribution in [0.25, 0.3) is 11.3 Å². The first-order chi connectivity index (χ1) is 13.5. The van der Waals surface area contributed by atoms with E-state index in [0.717, 1.165) is 24.1 Å². The fourth-order valence-electron chi connectivity index (χ4n) is 3.89. The molecule has 7 nitrogen and oxygen atoms in total. The summed E-state index contributed by atoms with van der Waals surface area (Å²) in [7, 11) is 3.84. The molecule has 146 valence electrons. The Morgan fingerprint density at radius 1 is 1.14 bits per heavy atom. The zero-order valence-electron chi connectivity index (χ0n) is 16.2. The number of aliphatic hydroxyl groups is 1. The van der Waals surface area contributed by atoms with Gasteiger partial charge in [-0.1, -0.05) is 12.1 Å². The van der Waals surface area contributed by atoms with Crippen LogP contribution in [0.4, 0.5) is 0 Å². The summed E-state index contributed by atoms with van der Waals surface area (Å²) in [5.74, 6) is 0.856. The van der Waals surface area contributed by atoms with E-state index >= 15 is 0 Å². The van der Waals surface area contributed by atoms with Gasteiger partial charge in [-0.15, -0.1) is 0 Å². The molecule has 0 radical (unpaired) electrons. The smallest absolute Gasteiger partial charge is 0.253 e. The van der Waals surface area contributed by atoms with E-state index in [0.29, 0.717) is 24.5 Å². The second-order valence-electron chi connectivity index (χ2n) is 7.44. The molecule has 2 aromatic heterocycles. The molecule has 0 saturated carbocycles. The van der Waals surface area contributed by atoms with Crippen LogP contribution in [0.3, 0.4) is 0 Å². The molecule has 0 spiro atoms. The number of aliphatic hydroxyl groups excluding tert-OH is 1. The highest BCUT2D eigenvalue weighted by molar-refractivity contribution is 5.94. The molecule has 1 saturated heterocycles. The van der Waals surface area contributed by atoms with Gasteiger partial charge in [0.05, 0.1) is 18.2 Å². The molecule has 1 N–H and O–H groups in total. The molecule has 1 fully saturated rings. The fourth-order valence-corrected chi connectivity index (χ4v) is 3.89. The van der Waals surface area contributed by atoms with Gasteiger partial charge in [0.25, 0.3) is 5.91 Å². The standard InChI is InChI=1S/C21H25N5O2/c1-24-12-9-23-20(24)19(27)16-7-10-26(11-8-16)21(28)17-5-3-15(4-6-17)18-13-22-14-25(18)2/h3-6,9,12-14,16,19,27H,7-8,10-11H2,1-2H3/t19-/m1/s1.